The van der Waals surface area contributed by atoms with Crippen molar-refractivity contribution < 1.29 is 0 Å². The topological polar surface area (TPSA) is 3.24 Å². The highest BCUT2D eigenvalue weighted by Crippen LogP contribution is 2.33. The summed E-state index contributed by atoms with van der Waals surface area (Å²) in [5.41, 5.74) is 0.203. The zero-order valence-corrected chi connectivity index (χ0v) is 10.5. The van der Waals surface area contributed by atoms with Crippen LogP contribution < -0.4 is 0 Å². The molecule has 0 fully saturated rings. The van der Waals surface area contributed by atoms with E-state index in [9.17, 15) is 0 Å². The van der Waals surface area contributed by atoms with Crippen molar-refractivity contribution in [2.24, 2.45) is 0 Å². The molecule has 1 nitrogen and oxygen atoms in total. The molecular formula is C8H20ClNSi. The summed E-state index contributed by atoms with van der Waals surface area (Å²) in [5, 5.41) is 0.361. The maximum absolute atomic E-state index is 6.25. The minimum Gasteiger partial charge on any atom is -0.293 e. The second-order valence-electron chi connectivity index (χ2n) is 4.04. The van der Waals surface area contributed by atoms with Crippen molar-refractivity contribution >= 4 is 21.1 Å². The Kier molecular flexibility index (Phi) is 4.67. The fourth-order valence-corrected chi connectivity index (χ4v) is 3.68. The molecule has 0 saturated heterocycles. The zero-order valence-electron chi connectivity index (χ0n) is 8.32. The molecular weight excluding hydrogens is 174 g/mol. The van der Waals surface area contributed by atoms with E-state index in [1.807, 2.05) is 14.1 Å². The predicted octanol–water partition coefficient (Wildman–Crippen LogP) is 1.92. The van der Waals surface area contributed by atoms with Crippen LogP contribution in [0.2, 0.25) is 11.1 Å². The quantitative estimate of drug-likeness (QED) is 0.375. The van der Waals surface area contributed by atoms with Crippen molar-refractivity contribution in [3.63, 3.8) is 0 Å². The number of hydrogen-bond acceptors (Lipinski definition) is 1. The summed E-state index contributed by atoms with van der Waals surface area (Å²) in [5.74, 6) is 0. The molecule has 0 rings (SSSR count). The Labute approximate surface area is 77.9 Å². The van der Waals surface area contributed by atoms with Crippen LogP contribution in [0.1, 0.15) is 20.8 Å². The Morgan fingerprint density at radius 1 is 1.45 bits per heavy atom. The van der Waals surface area contributed by atoms with Gasteiger partial charge in [0, 0.05) is 9.52 Å². The Balaban J connectivity index is 4.05. The van der Waals surface area contributed by atoms with Crippen LogP contribution in [-0.4, -0.2) is 34.0 Å². The molecule has 0 N–H and O–H groups in total. The lowest BCUT2D eigenvalue weighted by Crippen LogP contribution is -2.35. The molecule has 0 aliphatic rings. The summed E-state index contributed by atoms with van der Waals surface area (Å²) in [6.07, 6.45) is 0. The van der Waals surface area contributed by atoms with Crippen molar-refractivity contribution in [3.05, 3.63) is 0 Å². The van der Waals surface area contributed by atoms with Crippen LogP contribution in [0.25, 0.3) is 0 Å². The van der Waals surface area contributed by atoms with Crippen molar-refractivity contribution in [1.82, 2.24) is 4.90 Å². The molecule has 0 aliphatic carbocycles. The average Bonchev–Trinajstić information content (AvgIpc) is 1.86. The zero-order chi connectivity index (χ0) is 9.07. The van der Waals surface area contributed by atoms with Crippen LogP contribution in [0.4, 0.5) is 0 Å². The van der Waals surface area contributed by atoms with E-state index in [0.29, 0.717) is 5.04 Å². The molecule has 11 heavy (non-hydrogen) atoms. The van der Waals surface area contributed by atoms with E-state index in [1.165, 1.54) is 6.04 Å². The van der Waals surface area contributed by atoms with Crippen LogP contribution in [0.3, 0.4) is 0 Å². The monoisotopic (exact) mass is 193 g/mol. The summed E-state index contributed by atoms with van der Waals surface area (Å²) in [6.45, 7) is 6.81. The average molecular weight is 194 g/mol. The fraction of sp³-hybridized carbons (Fsp3) is 1.00. The van der Waals surface area contributed by atoms with Crippen LogP contribution in [0.15, 0.2) is 0 Å². The van der Waals surface area contributed by atoms with Gasteiger partial charge in [-0.2, -0.15) is 0 Å². The van der Waals surface area contributed by atoms with E-state index >= 15 is 0 Å². The smallest absolute Gasteiger partial charge is 0.0867 e. The molecule has 0 saturated carbocycles. The van der Waals surface area contributed by atoms with Crippen LogP contribution in [-0.2, 0) is 0 Å². The summed E-state index contributed by atoms with van der Waals surface area (Å²) in [6, 6.07) is 1.34. The van der Waals surface area contributed by atoms with Crippen LogP contribution in [0.5, 0.6) is 0 Å². The van der Waals surface area contributed by atoms with E-state index in [0.717, 1.165) is 0 Å². The third-order valence-corrected chi connectivity index (χ3v) is 5.41. The van der Waals surface area contributed by atoms with E-state index in [2.05, 4.69) is 25.7 Å². The van der Waals surface area contributed by atoms with Crippen molar-refractivity contribution in [3.8, 4) is 0 Å². The molecule has 1 atom stereocenters. The molecule has 0 aliphatic heterocycles. The van der Waals surface area contributed by atoms with Crippen molar-refractivity contribution in [2.75, 3.05) is 14.1 Å². The molecule has 0 bridgehead atoms. The Morgan fingerprint density at radius 2 is 1.91 bits per heavy atom. The van der Waals surface area contributed by atoms with Gasteiger partial charge in [0.15, 0.2) is 0 Å². The standard InChI is InChI=1S/C8H20ClNSi/c1-6-11-8(2,3)7(9)10(4)5/h7H,6,11H2,1-5H3. The second kappa shape index (κ2) is 4.48. The van der Waals surface area contributed by atoms with E-state index in [1.54, 1.807) is 0 Å². The van der Waals surface area contributed by atoms with Gasteiger partial charge in [-0.05, 0) is 19.1 Å². The normalized spacial score (nSPS) is 16.6. The third kappa shape index (κ3) is 3.59. The summed E-state index contributed by atoms with van der Waals surface area (Å²) in [7, 11) is 4.08. The maximum atomic E-state index is 6.25. The highest BCUT2D eigenvalue weighted by atomic mass is 35.5. The lowest BCUT2D eigenvalue weighted by molar-refractivity contribution is 0.321. The minimum absolute atomic E-state index is 0.0142. The number of halogens is 1. The summed E-state index contributed by atoms with van der Waals surface area (Å²) in [4.78, 5) is 2.10. The first-order valence-electron chi connectivity index (χ1n) is 4.22. The first-order chi connectivity index (χ1) is 4.91. The molecule has 68 valence electrons. The van der Waals surface area contributed by atoms with Gasteiger partial charge >= 0.3 is 0 Å². The first kappa shape index (κ1) is 11.5. The van der Waals surface area contributed by atoms with Gasteiger partial charge in [-0.1, -0.05) is 26.8 Å². The van der Waals surface area contributed by atoms with Gasteiger partial charge in [-0.3, -0.25) is 4.90 Å². The van der Waals surface area contributed by atoms with Gasteiger partial charge < -0.3 is 0 Å². The molecule has 0 aromatic rings. The Bertz CT molecular complexity index is 115. The number of alkyl halides is 1. The number of hydrogen-bond donors (Lipinski definition) is 0. The van der Waals surface area contributed by atoms with Crippen LogP contribution >= 0.6 is 11.6 Å². The van der Waals surface area contributed by atoms with Crippen LogP contribution in [0, 0.1) is 0 Å². The summed E-state index contributed by atoms with van der Waals surface area (Å²) < 4.78 is 0. The third-order valence-electron chi connectivity index (χ3n) is 1.99. The molecule has 0 aromatic heterocycles. The first-order valence-corrected chi connectivity index (χ1v) is 6.36. The van der Waals surface area contributed by atoms with Crippen molar-refractivity contribution in [2.45, 2.75) is 37.4 Å². The molecule has 0 radical (unpaired) electrons. The lowest BCUT2D eigenvalue weighted by atomic mass is 10.2. The largest absolute Gasteiger partial charge is 0.293 e. The number of rotatable bonds is 4. The minimum atomic E-state index is -0.0142. The molecule has 0 spiro atoms. The van der Waals surface area contributed by atoms with Gasteiger partial charge in [-0.25, -0.2) is 0 Å². The van der Waals surface area contributed by atoms with Gasteiger partial charge in [0.1, 0.15) is 0 Å². The van der Waals surface area contributed by atoms with Gasteiger partial charge in [0.05, 0.1) is 5.50 Å². The van der Waals surface area contributed by atoms with Gasteiger partial charge in [0.25, 0.3) is 0 Å². The van der Waals surface area contributed by atoms with Crippen molar-refractivity contribution in [1.29, 1.82) is 0 Å². The Morgan fingerprint density at radius 3 is 2.18 bits per heavy atom. The lowest BCUT2D eigenvalue weighted by Gasteiger charge is -2.33. The molecule has 0 heterocycles. The maximum Gasteiger partial charge on any atom is 0.0867 e. The predicted molar refractivity (Wildman–Crippen MR) is 56.4 cm³/mol. The summed E-state index contributed by atoms with van der Waals surface area (Å²) >= 11 is 6.25. The molecule has 3 heteroatoms. The SMILES string of the molecule is CC[SiH2]C(C)(C)C(Cl)N(C)C. The number of nitrogens with zero attached hydrogens (tertiary/aromatic N) is 1. The Hall–Kier alpha value is 0.467. The second-order valence-corrected chi connectivity index (χ2v) is 7.77. The van der Waals surface area contributed by atoms with E-state index in [4.69, 9.17) is 11.6 Å². The molecule has 0 aromatic carbocycles. The van der Waals surface area contributed by atoms with Gasteiger partial charge in [0.2, 0.25) is 0 Å². The molecule has 1 unspecified atom stereocenters. The van der Waals surface area contributed by atoms with E-state index < -0.39 is 0 Å². The highest BCUT2D eigenvalue weighted by molar-refractivity contribution is 6.43. The van der Waals surface area contributed by atoms with Gasteiger partial charge in [-0.15, -0.1) is 11.6 Å². The highest BCUT2D eigenvalue weighted by Gasteiger charge is 2.28. The fourth-order valence-electron chi connectivity index (χ4n) is 1.46. The molecule has 0 amide bonds. The van der Waals surface area contributed by atoms with E-state index in [-0.39, 0.29) is 15.0 Å².